The molecule has 2 amide bonds. The van der Waals surface area contributed by atoms with Crippen LogP contribution < -0.4 is 5.32 Å². The summed E-state index contributed by atoms with van der Waals surface area (Å²) in [6, 6.07) is 9.51. The summed E-state index contributed by atoms with van der Waals surface area (Å²) in [5.41, 5.74) is 0.636. The van der Waals surface area contributed by atoms with E-state index in [4.69, 9.17) is 9.47 Å². The molecule has 1 saturated heterocycles. The Hall–Kier alpha value is -3.03. The number of carboxylic acid groups (broad SMARTS) is 1. The van der Waals surface area contributed by atoms with E-state index in [1.165, 1.54) is 0 Å². The zero-order valence-corrected chi connectivity index (χ0v) is 18.6. The minimum absolute atomic E-state index is 0.154. The molecule has 170 valence electrons. The predicted octanol–water partition coefficient (Wildman–Crippen LogP) is 4.31. The van der Waals surface area contributed by atoms with Crippen LogP contribution in [0.3, 0.4) is 0 Å². The standard InChI is InChI=1S/C23H32N2O6/c1-16(19(20(26)27)24-21(28)31-23(2,3)4)14-17-10-12-25(13-11-17)22(29)30-15-18-8-6-5-7-9-18/h5-9,17H,10-15H2,1-4H3,(H,24,28)(H,26,27). The molecule has 0 spiro atoms. The first-order valence-corrected chi connectivity index (χ1v) is 10.4. The van der Waals surface area contributed by atoms with Gasteiger partial charge in [-0.2, -0.15) is 0 Å². The average molecular weight is 433 g/mol. The van der Waals surface area contributed by atoms with Crippen LogP contribution in [0.1, 0.15) is 52.5 Å². The number of nitrogens with one attached hydrogen (secondary N) is 1. The lowest BCUT2D eigenvalue weighted by Crippen LogP contribution is -2.39. The van der Waals surface area contributed by atoms with Crippen molar-refractivity contribution >= 4 is 18.2 Å². The van der Waals surface area contributed by atoms with E-state index in [9.17, 15) is 19.5 Å². The number of amides is 2. The molecule has 1 aliphatic rings. The molecule has 8 nitrogen and oxygen atoms in total. The van der Waals surface area contributed by atoms with Crippen molar-refractivity contribution in [2.45, 2.75) is 59.2 Å². The van der Waals surface area contributed by atoms with Gasteiger partial charge in [-0.05, 0) is 64.0 Å². The molecular weight excluding hydrogens is 400 g/mol. The Bertz CT molecular complexity index is 805. The molecule has 1 fully saturated rings. The Morgan fingerprint density at radius 2 is 1.74 bits per heavy atom. The van der Waals surface area contributed by atoms with E-state index >= 15 is 0 Å². The van der Waals surface area contributed by atoms with Crippen molar-refractivity contribution < 1.29 is 29.0 Å². The summed E-state index contributed by atoms with van der Waals surface area (Å²) >= 11 is 0. The Morgan fingerprint density at radius 1 is 1.13 bits per heavy atom. The molecule has 0 unspecified atom stereocenters. The number of benzene rings is 1. The number of alkyl carbamates (subject to hydrolysis) is 1. The molecule has 1 aliphatic heterocycles. The van der Waals surface area contributed by atoms with Crippen LogP contribution in [0.4, 0.5) is 9.59 Å². The van der Waals surface area contributed by atoms with Gasteiger partial charge in [-0.3, -0.25) is 5.32 Å². The van der Waals surface area contributed by atoms with Gasteiger partial charge in [-0.25, -0.2) is 14.4 Å². The fourth-order valence-electron chi connectivity index (χ4n) is 3.41. The molecule has 8 heteroatoms. The molecule has 0 saturated carbocycles. The maximum absolute atomic E-state index is 12.3. The summed E-state index contributed by atoms with van der Waals surface area (Å²) < 4.78 is 10.5. The van der Waals surface area contributed by atoms with E-state index in [1.54, 1.807) is 32.6 Å². The molecule has 1 aromatic carbocycles. The third-order valence-electron chi connectivity index (χ3n) is 4.94. The number of piperidine rings is 1. The number of carbonyl (C=O) groups is 3. The number of hydrogen-bond acceptors (Lipinski definition) is 5. The second-order valence-corrected chi connectivity index (χ2v) is 8.76. The van der Waals surface area contributed by atoms with Gasteiger partial charge in [0.1, 0.15) is 17.9 Å². The minimum atomic E-state index is -1.20. The average Bonchev–Trinajstić information content (AvgIpc) is 2.70. The highest BCUT2D eigenvalue weighted by atomic mass is 16.6. The lowest BCUT2D eigenvalue weighted by atomic mass is 9.90. The van der Waals surface area contributed by atoms with Gasteiger partial charge in [0.05, 0.1) is 0 Å². The van der Waals surface area contributed by atoms with Crippen molar-refractivity contribution in [2.24, 2.45) is 5.92 Å². The molecular formula is C23H32N2O6. The Balaban J connectivity index is 1.85. The summed E-state index contributed by atoms with van der Waals surface area (Å²) in [6.07, 6.45) is 0.853. The zero-order chi connectivity index (χ0) is 23.0. The van der Waals surface area contributed by atoms with Crippen LogP contribution in [0.5, 0.6) is 0 Å². The van der Waals surface area contributed by atoms with E-state index in [2.05, 4.69) is 5.32 Å². The zero-order valence-electron chi connectivity index (χ0n) is 18.6. The molecule has 1 heterocycles. The summed E-state index contributed by atoms with van der Waals surface area (Å²) in [7, 11) is 0. The monoisotopic (exact) mass is 432 g/mol. The van der Waals surface area contributed by atoms with Gasteiger partial charge in [0, 0.05) is 13.1 Å². The third-order valence-corrected chi connectivity index (χ3v) is 4.94. The fraction of sp³-hybridized carbons (Fsp3) is 0.522. The molecule has 2 rings (SSSR count). The maximum Gasteiger partial charge on any atom is 0.412 e. The lowest BCUT2D eigenvalue weighted by molar-refractivity contribution is -0.133. The van der Waals surface area contributed by atoms with E-state index < -0.39 is 17.7 Å². The summed E-state index contributed by atoms with van der Waals surface area (Å²) in [6.45, 7) is 8.16. The van der Waals surface area contributed by atoms with Crippen molar-refractivity contribution in [3.05, 3.63) is 47.2 Å². The highest BCUT2D eigenvalue weighted by molar-refractivity contribution is 5.91. The Kier molecular flexibility index (Phi) is 8.47. The molecule has 2 N–H and O–H groups in total. The fourth-order valence-corrected chi connectivity index (χ4v) is 3.41. The van der Waals surface area contributed by atoms with Gasteiger partial charge in [0.25, 0.3) is 0 Å². The number of aliphatic carboxylic acids is 1. The second kappa shape index (κ2) is 10.8. The van der Waals surface area contributed by atoms with Gasteiger partial charge >= 0.3 is 18.2 Å². The number of ether oxygens (including phenoxy) is 2. The second-order valence-electron chi connectivity index (χ2n) is 8.76. The van der Waals surface area contributed by atoms with Crippen LogP contribution in [-0.4, -0.2) is 46.9 Å². The normalized spacial score (nSPS) is 15.7. The van der Waals surface area contributed by atoms with Crippen LogP contribution in [-0.2, 0) is 20.9 Å². The number of nitrogens with zero attached hydrogens (tertiary/aromatic N) is 1. The van der Waals surface area contributed by atoms with Crippen molar-refractivity contribution in [1.29, 1.82) is 0 Å². The van der Waals surface area contributed by atoms with Gasteiger partial charge < -0.3 is 19.5 Å². The van der Waals surface area contributed by atoms with Crippen molar-refractivity contribution in [3.63, 3.8) is 0 Å². The summed E-state index contributed by atoms with van der Waals surface area (Å²) in [5, 5.41) is 11.8. The highest BCUT2D eigenvalue weighted by Crippen LogP contribution is 2.25. The smallest absolute Gasteiger partial charge is 0.412 e. The van der Waals surface area contributed by atoms with Crippen LogP contribution in [0.25, 0.3) is 0 Å². The van der Waals surface area contributed by atoms with E-state index in [0.29, 0.717) is 25.1 Å². The van der Waals surface area contributed by atoms with E-state index in [1.807, 2.05) is 30.3 Å². The number of hydrogen-bond donors (Lipinski definition) is 2. The minimum Gasteiger partial charge on any atom is -0.477 e. The molecule has 0 bridgehead atoms. The van der Waals surface area contributed by atoms with Crippen LogP contribution >= 0.6 is 0 Å². The van der Waals surface area contributed by atoms with Gasteiger partial charge in [-0.1, -0.05) is 30.3 Å². The molecule has 31 heavy (non-hydrogen) atoms. The lowest BCUT2D eigenvalue weighted by Gasteiger charge is -2.31. The van der Waals surface area contributed by atoms with Gasteiger partial charge in [-0.15, -0.1) is 0 Å². The number of carbonyl (C=O) groups excluding carboxylic acids is 2. The first-order valence-electron chi connectivity index (χ1n) is 10.4. The highest BCUT2D eigenvalue weighted by Gasteiger charge is 2.26. The van der Waals surface area contributed by atoms with E-state index in [0.717, 1.165) is 18.4 Å². The summed E-state index contributed by atoms with van der Waals surface area (Å²) in [5.74, 6) is -0.988. The molecule has 0 aromatic heterocycles. The SMILES string of the molecule is CC(CC1CCN(C(=O)OCc2ccccc2)CC1)=C(NC(=O)OC(C)(C)C)C(=O)O. The number of allylic oxidation sites excluding steroid dienone is 1. The Morgan fingerprint density at radius 3 is 2.29 bits per heavy atom. The molecule has 0 atom stereocenters. The summed E-state index contributed by atoms with van der Waals surface area (Å²) in [4.78, 5) is 37.5. The van der Waals surface area contributed by atoms with Gasteiger partial charge in [0.15, 0.2) is 0 Å². The molecule has 0 radical (unpaired) electrons. The van der Waals surface area contributed by atoms with Crippen molar-refractivity contribution in [1.82, 2.24) is 10.2 Å². The number of rotatable bonds is 6. The third kappa shape index (κ3) is 8.32. The molecule has 1 aromatic rings. The number of carboxylic acids is 1. The molecule has 0 aliphatic carbocycles. The largest absolute Gasteiger partial charge is 0.477 e. The Labute approximate surface area is 183 Å². The van der Waals surface area contributed by atoms with Gasteiger partial charge in [0.2, 0.25) is 0 Å². The first kappa shape index (κ1) is 24.2. The van der Waals surface area contributed by atoms with Crippen LogP contribution in [0.2, 0.25) is 0 Å². The van der Waals surface area contributed by atoms with Crippen molar-refractivity contribution in [3.8, 4) is 0 Å². The van der Waals surface area contributed by atoms with E-state index in [-0.39, 0.29) is 24.3 Å². The van der Waals surface area contributed by atoms with Crippen LogP contribution in [0.15, 0.2) is 41.6 Å². The van der Waals surface area contributed by atoms with Crippen LogP contribution in [0, 0.1) is 5.92 Å². The topological polar surface area (TPSA) is 105 Å². The first-order chi connectivity index (χ1) is 14.5. The maximum atomic E-state index is 12.3. The van der Waals surface area contributed by atoms with Crippen molar-refractivity contribution in [2.75, 3.05) is 13.1 Å². The predicted molar refractivity (Wildman–Crippen MR) is 115 cm³/mol. The number of likely N-dealkylation sites (tertiary alicyclic amines) is 1. The quantitative estimate of drug-likeness (QED) is 0.649.